The molecule has 22 heavy (non-hydrogen) atoms. The summed E-state index contributed by atoms with van der Waals surface area (Å²) in [5, 5.41) is 27.2. The molecule has 1 N–H and O–H groups in total. The summed E-state index contributed by atoms with van der Waals surface area (Å²) < 4.78 is 5.39. The van der Waals surface area contributed by atoms with E-state index in [4.69, 9.17) is 14.8 Å². The van der Waals surface area contributed by atoms with Crippen molar-refractivity contribution in [1.29, 1.82) is 5.26 Å². The Hall–Kier alpha value is -3.46. The third-order valence-corrected chi connectivity index (χ3v) is 3.06. The lowest BCUT2D eigenvalue weighted by atomic mass is 10.1. The molecule has 0 aliphatic carbocycles. The highest BCUT2D eigenvalue weighted by molar-refractivity contribution is 5.95. The van der Waals surface area contributed by atoms with E-state index in [1.807, 2.05) is 42.5 Å². The first-order valence-corrected chi connectivity index (χ1v) is 6.35. The van der Waals surface area contributed by atoms with Crippen molar-refractivity contribution in [3.8, 4) is 17.5 Å². The minimum Gasteiger partial charge on any atom is -0.477 e. The second-order valence-corrected chi connectivity index (χ2v) is 4.48. The van der Waals surface area contributed by atoms with Crippen LogP contribution in [0.2, 0.25) is 0 Å². The van der Waals surface area contributed by atoms with Gasteiger partial charge >= 0.3 is 5.97 Å². The lowest BCUT2D eigenvalue weighted by molar-refractivity contribution is -0.132. The number of hydrogen-bond acceptors (Lipinski definition) is 5. The Morgan fingerprint density at radius 2 is 1.95 bits per heavy atom. The van der Waals surface area contributed by atoms with E-state index < -0.39 is 11.5 Å². The van der Waals surface area contributed by atoms with Gasteiger partial charge in [0, 0.05) is 11.6 Å². The van der Waals surface area contributed by atoms with Crippen LogP contribution < -0.4 is 0 Å². The lowest BCUT2D eigenvalue weighted by Crippen LogP contribution is -1.97. The van der Waals surface area contributed by atoms with Crippen LogP contribution in [0, 0.1) is 11.3 Å². The van der Waals surface area contributed by atoms with E-state index in [1.165, 1.54) is 0 Å². The molecule has 3 aromatic rings. The number of benzene rings is 2. The van der Waals surface area contributed by atoms with Crippen molar-refractivity contribution in [2.24, 2.45) is 0 Å². The van der Waals surface area contributed by atoms with Crippen LogP contribution in [0.1, 0.15) is 5.89 Å². The fourth-order valence-electron chi connectivity index (χ4n) is 2.00. The standard InChI is InChI=1S/C16H9N3O3/c17-9-13(16(20)21)8-14-18-19-15(22-14)12-6-5-10-3-1-2-4-11(10)7-12/h1-8H,(H,20,21)/b13-8-. The molecule has 1 heterocycles. The van der Waals surface area contributed by atoms with Gasteiger partial charge in [0.2, 0.25) is 11.8 Å². The van der Waals surface area contributed by atoms with Gasteiger partial charge in [0.25, 0.3) is 0 Å². The number of aromatic nitrogens is 2. The number of aliphatic carboxylic acids is 1. The van der Waals surface area contributed by atoms with Crippen LogP contribution in [0.3, 0.4) is 0 Å². The van der Waals surface area contributed by atoms with E-state index in [-0.39, 0.29) is 11.8 Å². The number of nitriles is 1. The second kappa shape index (κ2) is 5.50. The molecule has 3 rings (SSSR count). The summed E-state index contributed by atoms with van der Waals surface area (Å²) in [7, 11) is 0. The molecule has 6 heteroatoms. The van der Waals surface area contributed by atoms with Crippen molar-refractivity contribution in [2.75, 3.05) is 0 Å². The number of carboxylic acid groups (broad SMARTS) is 1. The summed E-state index contributed by atoms with van der Waals surface area (Å²) in [5.74, 6) is -1.10. The Labute approximate surface area is 124 Å². The highest BCUT2D eigenvalue weighted by Crippen LogP contribution is 2.23. The molecule has 0 aliphatic rings. The van der Waals surface area contributed by atoms with Crippen molar-refractivity contribution in [2.45, 2.75) is 0 Å². The van der Waals surface area contributed by atoms with E-state index >= 15 is 0 Å². The molecule has 0 amide bonds. The van der Waals surface area contributed by atoms with Gasteiger partial charge in [-0.15, -0.1) is 10.2 Å². The number of fused-ring (bicyclic) bond motifs is 1. The van der Waals surface area contributed by atoms with Crippen LogP contribution in [0.15, 0.2) is 52.5 Å². The highest BCUT2D eigenvalue weighted by atomic mass is 16.4. The van der Waals surface area contributed by atoms with Crippen LogP contribution >= 0.6 is 0 Å². The van der Waals surface area contributed by atoms with Crippen LogP contribution in [0.5, 0.6) is 0 Å². The third-order valence-electron chi connectivity index (χ3n) is 3.06. The molecule has 0 spiro atoms. The molecule has 6 nitrogen and oxygen atoms in total. The van der Waals surface area contributed by atoms with E-state index in [0.717, 1.165) is 22.4 Å². The van der Waals surface area contributed by atoms with Crippen LogP contribution in [0.25, 0.3) is 28.3 Å². The molecule has 0 aliphatic heterocycles. The smallest absolute Gasteiger partial charge is 0.346 e. The van der Waals surface area contributed by atoms with Crippen molar-refractivity contribution in [3.05, 3.63) is 53.9 Å². The van der Waals surface area contributed by atoms with Gasteiger partial charge in [-0.25, -0.2) is 4.79 Å². The SMILES string of the molecule is N#C/C(=C/c1nnc(-c2ccc3ccccc3c2)o1)C(=O)O. The first-order valence-electron chi connectivity index (χ1n) is 6.35. The molecule has 0 unspecified atom stereocenters. The van der Waals surface area contributed by atoms with E-state index in [1.54, 1.807) is 6.07 Å². The minimum atomic E-state index is -1.34. The Balaban J connectivity index is 1.99. The summed E-state index contributed by atoms with van der Waals surface area (Å²) in [5.41, 5.74) is 0.258. The maximum absolute atomic E-state index is 10.8. The highest BCUT2D eigenvalue weighted by Gasteiger charge is 2.11. The van der Waals surface area contributed by atoms with Crippen molar-refractivity contribution in [3.63, 3.8) is 0 Å². The molecule has 0 bridgehead atoms. The average molecular weight is 291 g/mol. The van der Waals surface area contributed by atoms with Crippen molar-refractivity contribution >= 4 is 22.8 Å². The topological polar surface area (TPSA) is 100 Å². The lowest BCUT2D eigenvalue weighted by Gasteiger charge is -1.99. The predicted octanol–water partition coefficient (Wildman–Crippen LogP) is 2.88. The molecule has 0 saturated heterocycles. The number of hydrogen-bond donors (Lipinski definition) is 1. The zero-order valence-corrected chi connectivity index (χ0v) is 11.2. The summed E-state index contributed by atoms with van der Waals surface area (Å²) in [6, 6.07) is 15.1. The van der Waals surface area contributed by atoms with Gasteiger partial charge in [-0.3, -0.25) is 0 Å². The molecular weight excluding hydrogens is 282 g/mol. The van der Waals surface area contributed by atoms with Gasteiger partial charge in [0.15, 0.2) is 0 Å². The fourth-order valence-corrected chi connectivity index (χ4v) is 2.00. The second-order valence-electron chi connectivity index (χ2n) is 4.48. The number of carboxylic acids is 1. The Bertz CT molecular complexity index is 935. The molecule has 106 valence electrons. The number of nitrogens with zero attached hydrogens (tertiary/aromatic N) is 3. The van der Waals surface area contributed by atoms with Gasteiger partial charge in [-0.2, -0.15) is 5.26 Å². The van der Waals surface area contributed by atoms with Gasteiger partial charge in [-0.1, -0.05) is 30.3 Å². The van der Waals surface area contributed by atoms with Gasteiger partial charge in [-0.05, 0) is 22.9 Å². The molecule has 0 fully saturated rings. The van der Waals surface area contributed by atoms with Crippen molar-refractivity contribution in [1.82, 2.24) is 10.2 Å². The summed E-state index contributed by atoms with van der Waals surface area (Å²) in [4.78, 5) is 10.8. The quantitative estimate of drug-likeness (QED) is 0.588. The van der Waals surface area contributed by atoms with Gasteiger partial charge in [0.1, 0.15) is 11.6 Å². The fraction of sp³-hybridized carbons (Fsp3) is 0. The Morgan fingerprint density at radius 1 is 1.18 bits per heavy atom. The largest absolute Gasteiger partial charge is 0.477 e. The summed E-state index contributed by atoms with van der Waals surface area (Å²) >= 11 is 0. The summed E-state index contributed by atoms with van der Waals surface area (Å²) in [6.45, 7) is 0. The Kier molecular flexibility index (Phi) is 3.38. The zero-order valence-electron chi connectivity index (χ0n) is 11.2. The van der Waals surface area contributed by atoms with Crippen LogP contribution in [0.4, 0.5) is 0 Å². The Morgan fingerprint density at radius 3 is 2.68 bits per heavy atom. The average Bonchev–Trinajstić information content (AvgIpc) is 3.00. The third kappa shape index (κ3) is 2.55. The van der Waals surface area contributed by atoms with Gasteiger partial charge < -0.3 is 9.52 Å². The van der Waals surface area contributed by atoms with E-state index in [9.17, 15) is 4.79 Å². The van der Waals surface area contributed by atoms with Crippen molar-refractivity contribution < 1.29 is 14.3 Å². The maximum Gasteiger partial charge on any atom is 0.346 e. The molecular formula is C16H9N3O3. The number of rotatable bonds is 3. The summed E-state index contributed by atoms with van der Waals surface area (Å²) in [6.07, 6.45) is 1.04. The maximum atomic E-state index is 10.8. The predicted molar refractivity (Wildman–Crippen MR) is 78.5 cm³/mol. The zero-order chi connectivity index (χ0) is 15.5. The monoisotopic (exact) mass is 291 g/mol. The molecule has 1 aromatic heterocycles. The molecule has 0 atom stereocenters. The normalized spacial score (nSPS) is 11.3. The van der Waals surface area contributed by atoms with E-state index in [0.29, 0.717) is 0 Å². The molecule has 0 saturated carbocycles. The molecule has 2 aromatic carbocycles. The molecule has 0 radical (unpaired) electrons. The van der Waals surface area contributed by atoms with E-state index in [2.05, 4.69) is 10.2 Å². The van der Waals surface area contributed by atoms with Crippen LogP contribution in [-0.2, 0) is 4.79 Å². The first kappa shape index (κ1) is 13.5. The minimum absolute atomic E-state index is 0.0258. The first-order chi connectivity index (χ1) is 10.7. The van der Waals surface area contributed by atoms with Gasteiger partial charge in [0.05, 0.1) is 0 Å². The van der Waals surface area contributed by atoms with Crippen LogP contribution in [-0.4, -0.2) is 21.3 Å². The number of carbonyl (C=O) groups is 1.